The number of nitrogens with one attached hydrogen (secondary N) is 2. The Morgan fingerprint density at radius 3 is 2.58 bits per heavy atom. The lowest BCUT2D eigenvalue weighted by atomic mass is 10.2. The van der Waals surface area contributed by atoms with Gasteiger partial charge in [-0.25, -0.2) is 0 Å². The van der Waals surface area contributed by atoms with Crippen LogP contribution in [0.5, 0.6) is 5.75 Å². The van der Waals surface area contributed by atoms with E-state index in [1.54, 1.807) is 23.9 Å². The summed E-state index contributed by atoms with van der Waals surface area (Å²) in [6, 6.07) is 14.7. The highest BCUT2D eigenvalue weighted by molar-refractivity contribution is 7.80. The highest BCUT2D eigenvalue weighted by Crippen LogP contribution is 2.25. The molecule has 0 bridgehead atoms. The van der Waals surface area contributed by atoms with Crippen LogP contribution in [0.25, 0.3) is 0 Å². The van der Waals surface area contributed by atoms with Crippen molar-refractivity contribution >= 4 is 52.0 Å². The summed E-state index contributed by atoms with van der Waals surface area (Å²) < 4.78 is 6.93. The van der Waals surface area contributed by atoms with Crippen LogP contribution in [0.3, 0.4) is 0 Å². The van der Waals surface area contributed by atoms with Crippen LogP contribution in [0.4, 0.5) is 11.5 Å². The predicted molar refractivity (Wildman–Crippen MR) is 111 cm³/mol. The maximum Gasteiger partial charge on any atom is 0.176 e. The van der Waals surface area contributed by atoms with Crippen LogP contribution >= 0.6 is 35.4 Å². The lowest BCUT2D eigenvalue weighted by Crippen LogP contribution is -2.19. The summed E-state index contributed by atoms with van der Waals surface area (Å²) >= 11 is 17.7. The van der Waals surface area contributed by atoms with E-state index in [-0.39, 0.29) is 0 Å². The number of benzene rings is 2. The van der Waals surface area contributed by atoms with Crippen molar-refractivity contribution in [3.8, 4) is 5.75 Å². The molecule has 0 spiro atoms. The van der Waals surface area contributed by atoms with Crippen molar-refractivity contribution in [2.24, 2.45) is 0 Å². The fraction of sp³-hybridized carbons (Fsp3) is 0.111. The molecule has 1 heterocycles. The monoisotopic (exact) mass is 406 g/mol. The van der Waals surface area contributed by atoms with E-state index >= 15 is 0 Å². The lowest BCUT2D eigenvalue weighted by molar-refractivity contribution is 0.415. The first-order valence-corrected chi connectivity index (χ1v) is 8.90. The van der Waals surface area contributed by atoms with Crippen molar-refractivity contribution in [1.29, 1.82) is 0 Å². The largest absolute Gasteiger partial charge is 0.497 e. The Balaban J connectivity index is 1.63. The Labute approximate surface area is 166 Å². The molecular formula is C18H16Cl2N4OS. The van der Waals surface area contributed by atoms with Crippen LogP contribution in [0.1, 0.15) is 5.56 Å². The summed E-state index contributed by atoms with van der Waals surface area (Å²) in [5.74, 6) is 1.37. The Morgan fingerprint density at radius 2 is 1.85 bits per heavy atom. The minimum Gasteiger partial charge on any atom is -0.497 e. The molecule has 0 saturated heterocycles. The molecule has 26 heavy (non-hydrogen) atoms. The predicted octanol–water partition coefficient (Wildman–Crippen LogP) is 5.06. The van der Waals surface area contributed by atoms with Crippen molar-refractivity contribution in [2.75, 3.05) is 17.7 Å². The standard InChI is InChI=1S/C18H16Cl2N4OS/c1-25-13-5-2-4-12(10-13)21-18(26)22-17-8-9-24(23-17)11-14-15(19)6-3-7-16(14)20/h2-10H,11H2,1H3,(H2,21,22,23,26). The third-order valence-corrected chi connectivity index (χ3v) is 4.50. The van der Waals surface area contributed by atoms with E-state index < -0.39 is 0 Å². The van der Waals surface area contributed by atoms with Crippen LogP contribution in [0.15, 0.2) is 54.7 Å². The van der Waals surface area contributed by atoms with Crippen molar-refractivity contribution in [2.45, 2.75) is 6.54 Å². The number of anilines is 2. The second kappa shape index (κ2) is 8.40. The van der Waals surface area contributed by atoms with Gasteiger partial charge in [-0.05, 0) is 36.5 Å². The number of aromatic nitrogens is 2. The Morgan fingerprint density at radius 1 is 1.12 bits per heavy atom. The van der Waals surface area contributed by atoms with Gasteiger partial charge in [-0.1, -0.05) is 35.3 Å². The van der Waals surface area contributed by atoms with Gasteiger partial charge in [-0.2, -0.15) is 5.10 Å². The van der Waals surface area contributed by atoms with Crippen LogP contribution in [0.2, 0.25) is 10.0 Å². The lowest BCUT2D eigenvalue weighted by Gasteiger charge is -2.10. The van der Waals surface area contributed by atoms with Gasteiger partial charge in [-0.15, -0.1) is 0 Å². The molecule has 3 rings (SSSR count). The second-order valence-electron chi connectivity index (χ2n) is 5.41. The van der Waals surface area contributed by atoms with E-state index in [2.05, 4.69) is 15.7 Å². The van der Waals surface area contributed by atoms with Gasteiger partial charge in [0.05, 0.1) is 13.7 Å². The molecule has 0 aliphatic heterocycles. The molecule has 3 aromatic rings. The number of nitrogens with zero attached hydrogens (tertiary/aromatic N) is 2. The molecule has 2 N–H and O–H groups in total. The molecular weight excluding hydrogens is 391 g/mol. The minimum absolute atomic E-state index is 0.430. The number of hydrogen-bond donors (Lipinski definition) is 2. The molecule has 1 aromatic heterocycles. The fourth-order valence-corrected chi connectivity index (χ4v) is 3.08. The van der Waals surface area contributed by atoms with E-state index in [0.29, 0.717) is 27.5 Å². The van der Waals surface area contributed by atoms with Gasteiger partial charge >= 0.3 is 0 Å². The summed E-state index contributed by atoms with van der Waals surface area (Å²) in [6.45, 7) is 0.469. The van der Waals surface area contributed by atoms with Crippen LogP contribution in [-0.2, 0) is 6.54 Å². The molecule has 0 radical (unpaired) electrons. The molecule has 5 nitrogen and oxygen atoms in total. The van der Waals surface area contributed by atoms with Crippen LogP contribution in [0, 0.1) is 0 Å². The first-order valence-electron chi connectivity index (χ1n) is 7.73. The molecule has 0 aliphatic rings. The van der Waals surface area contributed by atoms with Crippen molar-refractivity contribution < 1.29 is 4.74 Å². The molecule has 8 heteroatoms. The van der Waals surface area contributed by atoms with E-state index in [9.17, 15) is 0 Å². The van der Waals surface area contributed by atoms with Gasteiger partial charge in [-0.3, -0.25) is 4.68 Å². The summed E-state index contributed by atoms with van der Waals surface area (Å²) in [5.41, 5.74) is 1.65. The number of rotatable bonds is 5. The molecule has 2 aromatic carbocycles. The van der Waals surface area contributed by atoms with E-state index in [1.165, 1.54) is 0 Å². The zero-order valence-electron chi connectivity index (χ0n) is 13.9. The van der Waals surface area contributed by atoms with Gasteiger partial charge in [0, 0.05) is 39.6 Å². The van der Waals surface area contributed by atoms with Crippen molar-refractivity contribution in [3.05, 3.63) is 70.3 Å². The molecule has 0 unspecified atom stereocenters. The summed E-state index contributed by atoms with van der Waals surface area (Å²) in [5, 5.41) is 12.2. The summed E-state index contributed by atoms with van der Waals surface area (Å²) in [4.78, 5) is 0. The quantitative estimate of drug-likeness (QED) is 0.580. The maximum absolute atomic E-state index is 6.20. The van der Waals surface area contributed by atoms with E-state index in [1.807, 2.05) is 42.6 Å². The fourth-order valence-electron chi connectivity index (χ4n) is 2.34. The Hall–Kier alpha value is -2.28. The first kappa shape index (κ1) is 18.5. The first-order chi connectivity index (χ1) is 12.5. The highest BCUT2D eigenvalue weighted by atomic mass is 35.5. The van der Waals surface area contributed by atoms with Gasteiger partial charge < -0.3 is 15.4 Å². The molecule has 0 saturated carbocycles. The number of hydrogen-bond acceptors (Lipinski definition) is 3. The van der Waals surface area contributed by atoms with Crippen molar-refractivity contribution in [3.63, 3.8) is 0 Å². The zero-order chi connectivity index (χ0) is 18.5. The minimum atomic E-state index is 0.430. The third-order valence-electron chi connectivity index (χ3n) is 3.59. The molecule has 0 atom stereocenters. The number of ether oxygens (including phenoxy) is 1. The summed E-state index contributed by atoms with van der Waals surface area (Å²) in [6.07, 6.45) is 1.83. The second-order valence-corrected chi connectivity index (χ2v) is 6.63. The van der Waals surface area contributed by atoms with Crippen LogP contribution < -0.4 is 15.4 Å². The molecule has 134 valence electrons. The highest BCUT2D eigenvalue weighted by Gasteiger charge is 2.08. The zero-order valence-corrected chi connectivity index (χ0v) is 16.2. The smallest absolute Gasteiger partial charge is 0.176 e. The van der Waals surface area contributed by atoms with Gasteiger partial charge in [0.1, 0.15) is 5.75 Å². The van der Waals surface area contributed by atoms with Gasteiger partial charge in [0.2, 0.25) is 0 Å². The Bertz CT molecular complexity index is 909. The topological polar surface area (TPSA) is 51.1 Å². The summed E-state index contributed by atoms with van der Waals surface area (Å²) in [7, 11) is 1.62. The SMILES string of the molecule is COc1cccc(NC(=S)Nc2ccn(Cc3c(Cl)cccc3Cl)n2)c1. The number of methoxy groups -OCH3 is 1. The Kier molecular flexibility index (Phi) is 5.98. The average Bonchev–Trinajstić information content (AvgIpc) is 3.05. The molecule has 0 amide bonds. The van der Waals surface area contributed by atoms with Gasteiger partial charge in [0.15, 0.2) is 10.9 Å². The van der Waals surface area contributed by atoms with Gasteiger partial charge in [0.25, 0.3) is 0 Å². The van der Waals surface area contributed by atoms with Crippen molar-refractivity contribution in [1.82, 2.24) is 9.78 Å². The average molecular weight is 407 g/mol. The van der Waals surface area contributed by atoms with Crippen LogP contribution in [-0.4, -0.2) is 22.0 Å². The van der Waals surface area contributed by atoms with E-state index in [4.69, 9.17) is 40.2 Å². The normalized spacial score (nSPS) is 10.4. The maximum atomic E-state index is 6.20. The van der Waals surface area contributed by atoms with E-state index in [0.717, 1.165) is 17.0 Å². The molecule has 0 aliphatic carbocycles. The number of halogens is 2. The number of thiocarbonyl (C=S) groups is 1. The molecule has 0 fully saturated rings. The third kappa shape index (κ3) is 4.66.